The Hall–Kier alpha value is -2.04. The lowest BCUT2D eigenvalue weighted by Gasteiger charge is -2.28. The summed E-state index contributed by atoms with van der Waals surface area (Å²) in [5.74, 6) is 0.402. The number of carbonyl (C=O) groups is 2. The van der Waals surface area contributed by atoms with Crippen LogP contribution in [0, 0.1) is 5.92 Å². The lowest BCUT2D eigenvalue weighted by atomic mass is 9.95. The van der Waals surface area contributed by atoms with Crippen LogP contribution in [0.2, 0.25) is 0 Å². The average Bonchev–Trinajstić information content (AvgIpc) is 2.51. The van der Waals surface area contributed by atoms with Crippen molar-refractivity contribution in [2.45, 2.75) is 19.8 Å². The first-order chi connectivity index (χ1) is 10.1. The highest BCUT2D eigenvalue weighted by Gasteiger charge is 2.28. The number of ether oxygens (including phenoxy) is 2. The topological polar surface area (TPSA) is 55.8 Å². The maximum absolute atomic E-state index is 12.4. The second-order valence-corrected chi connectivity index (χ2v) is 5.13. The van der Waals surface area contributed by atoms with Crippen molar-refractivity contribution in [1.29, 1.82) is 0 Å². The highest BCUT2D eigenvalue weighted by molar-refractivity contribution is 5.80. The summed E-state index contributed by atoms with van der Waals surface area (Å²) in [5.41, 5.74) is 1.06. The molecule has 2 rings (SSSR count). The van der Waals surface area contributed by atoms with E-state index in [9.17, 15) is 9.59 Å². The monoisotopic (exact) mass is 291 g/mol. The summed E-state index contributed by atoms with van der Waals surface area (Å²) < 4.78 is 10.5. The smallest absolute Gasteiger partial charge is 0.307 e. The summed E-state index contributed by atoms with van der Waals surface area (Å²) in [6.45, 7) is 2.89. The number of hydrogen-bond acceptors (Lipinski definition) is 4. The number of benzene rings is 1. The molecule has 1 aromatic carbocycles. The van der Waals surface area contributed by atoms with Gasteiger partial charge in [-0.25, -0.2) is 0 Å². The van der Waals surface area contributed by atoms with Crippen LogP contribution >= 0.6 is 0 Å². The molecule has 0 saturated heterocycles. The SMILES string of the molecule is CCOC(=O)CCN(C)C(=O)C1COc2ccccc2C1. The van der Waals surface area contributed by atoms with Crippen molar-refractivity contribution in [3.8, 4) is 5.75 Å². The van der Waals surface area contributed by atoms with Crippen LogP contribution in [0.5, 0.6) is 5.75 Å². The second kappa shape index (κ2) is 7.11. The summed E-state index contributed by atoms with van der Waals surface area (Å²) in [6, 6.07) is 7.76. The van der Waals surface area contributed by atoms with Crippen molar-refractivity contribution in [2.24, 2.45) is 5.92 Å². The normalized spacial score (nSPS) is 16.6. The fourth-order valence-corrected chi connectivity index (χ4v) is 2.40. The van der Waals surface area contributed by atoms with E-state index in [1.807, 2.05) is 24.3 Å². The number of para-hydroxylation sites is 1. The lowest BCUT2D eigenvalue weighted by molar-refractivity contribution is -0.144. The van der Waals surface area contributed by atoms with E-state index in [1.165, 1.54) is 0 Å². The van der Waals surface area contributed by atoms with Gasteiger partial charge in [0.05, 0.1) is 18.9 Å². The molecule has 1 heterocycles. The van der Waals surface area contributed by atoms with Gasteiger partial charge in [0, 0.05) is 13.6 Å². The molecule has 5 nitrogen and oxygen atoms in total. The maximum atomic E-state index is 12.4. The van der Waals surface area contributed by atoms with Crippen LogP contribution in [0.25, 0.3) is 0 Å². The van der Waals surface area contributed by atoms with Gasteiger partial charge in [-0.2, -0.15) is 0 Å². The van der Waals surface area contributed by atoms with Gasteiger partial charge in [-0.3, -0.25) is 9.59 Å². The van der Waals surface area contributed by atoms with Gasteiger partial charge in [-0.05, 0) is 25.0 Å². The molecule has 1 aliphatic heterocycles. The zero-order valence-corrected chi connectivity index (χ0v) is 12.5. The van der Waals surface area contributed by atoms with Crippen molar-refractivity contribution in [1.82, 2.24) is 4.90 Å². The molecule has 114 valence electrons. The first-order valence-electron chi connectivity index (χ1n) is 7.23. The zero-order chi connectivity index (χ0) is 15.2. The number of carbonyl (C=O) groups excluding carboxylic acids is 2. The first kappa shape index (κ1) is 15.4. The Bertz CT molecular complexity index is 515. The summed E-state index contributed by atoms with van der Waals surface area (Å²) in [6.07, 6.45) is 0.902. The van der Waals surface area contributed by atoms with Crippen molar-refractivity contribution < 1.29 is 19.1 Å². The number of amides is 1. The summed E-state index contributed by atoms with van der Waals surface area (Å²) >= 11 is 0. The van der Waals surface area contributed by atoms with Gasteiger partial charge in [0.1, 0.15) is 12.4 Å². The predicted molar refractivity (Wildman–Crippen MR) is 78.0 cm³/mol. The van der Waals surface area contributed by atoms with Crippen LogP contribution in [0.15, 0.2) is 24.3 Å². The van der Waals surface area contributed by atoms with Gasteiger partial charge < -0.3 is 14.4 Å². The number of nitrogens with zero attached hydrogens (tertiary/aromatic N) is 1. The van der Waals surface area contributed by atoms with Crippen molar-refractivity contribution >= 4 is 11.9 Å². The molecule has 0 fully saturated rings. The van der Waals surface area contributed by atoms with Crippen molar-refractivity contribution in [3.63, 3.8) is 0 Å². The Morgan fingerprint density at radius 3 is 2.90 bits per heavy atom. The quantitative estimate of drug-likeness (QED) is 0.774. The molecular formula is C16H21NO4. The molecule has 0 saturated carbocycles. The van der Waals surface area contributed by atoms with Crippen LogP contribution in [0.3, 0.4) is 0 Å². The van der Waals surface area contributed by atoms with E-state index in [0.717, 1.165) is 11.3 Å². The number of esters is 1. The number of rotatable bonds is 5. The minimum atomic E-state index is -0.276. The van der Waals surface area contributed by atoms with Gasteiger partial charge in [0.2, 0.25) is 5.91 Å². The molecule has 21 heavy (non-hydrogen) atoms. The molecule has 0 spiro atoms. The summed E-state index contributed by atoms with van der Waals surface area (Å²) in [5, 5.41) is 0. The van der Waals surface area contributed by atoms with Crippen molar-refractivity contribution in [2.75, 3.05) is 26.8 Å². The molecule has 0 aliphatic carbocycles. The Morgan fingerprint density at radius 2 is 2.14 bits per heavy atom. The minimum absolute atomic E-state index is 0.00815. The molecule has 1 aromatic rings. The van der Waals surface area contributed by atoms with Crippen LogP contribution in [0.4, 0.5) is 0 Å². The fraction of sp³-hybridized carbons (Fsp3) is 0.500. The molecule has 0 radical (unpaired) electrons. The molecule has 0 aromatic heterocycles. The third-order valence-electron chi connectivity index (χ3n) is 3.56. The second-order valence-electron chi connectivity index (χ2n) is 5.13. The minimum Gasteiger partial charge on any atom is -0.492 e. The molecular weight excluding hydrogens is 270 g/mol. The van der Waals surface area contributed by atoms with E-state index in [-0.39, 0.29) is 24.2 Å². The third-order valence-corrected chi connectivity index (χ3v) is 3.56. The highest BCUT2D eigenvalue weighted by atomic mass is 16.5. The largest absolute Gasteiger partial charge is 0.492 e. The molecule has 1 amide bonds. The molecule has 1 aliphatic rings. The molecule has 5 heteroatoms. The van der Waals surface area contributed by atoms with Crippen LogP contribution in [-0.4, -0.2) is 43.6 Å². The predicted octanol–water partition coefficient (Wildman–Crippen LogP) is 1.65. The van der Waals surface area contributed by atoms with Gasteiger partial charge in [-0.1, -0.05) is 18.2 Å². The third kappa shape index (κ3) is 3.97. The Labute approximate surface area is 124 Å². The standard InChI is InChI=1S/C16H21NO4/c1-3-20-15(18)8-9-17(2)16(19)13-10-12-6-4-5-7-14(12)21-11-13/h4-7,13H,3,8-11H2,1-2H3. The lowest BCUT2D eigenvalue weighted by Crippen LogP contribution is -2.39. The summed E-state index contributed by atoms with van der Waals surface area (Å²) in [4.78, 5) is 25.3. The molecule has 0 bridgehead atoms. The number of hydrogen-bond donors (Lipinski definition) is 0. The Balaban J connectivity index is 1.88. The van der Waals surface area contributed by atoms with Crippen LogP contribution < -0.4 is 4.74 Å². The van der Waals surface area contributed by atoms with Gasteiger partial charge in [0.15, 0.2) is 0 Å². The maximum Gasteiger partial charge on any atom is 0.307 e. The van der Waals surface area contributed by atoms with E-state index in [4.69, 9.17) is 9.47 Å². The highest BCUT2D eigenvalue weighted by Crippen LogP contribution is 2.27. The Morgan fingerprint density at radius 1 is 1.38 bits per heavy atom. The number of fused-ring (bicyclic) bond motifs is 1. The van der Waals surface area contributed by atoms with Gasteiger partial charge in [-0.15, -0.1) is 0 Å². The van der Waals surface area contributed by atoms with E-state index in [2.05, 4.69) is 0 Å². The Kier molecular flexibility index (Phi) is 5.20. The van der Waals surface area contributed by atoms with E-state index < -0.39 is 0 Å². The molecule has 1 unspecified atom stereocenters. The first-order valence-corrected chi connectivity index (χ1v) is 7.23. The molecule has 1 atom stereocenters. The summed E-state index contributed by atoms with van der Waals surface area (Å²) in [7, 11) is 1.71. The van der Waals surface area contributed by atoms with Crippen molar-refractivity contribution in [3.05, 3.63) is 29.8 Å². The van der Waals surface area contributed by atoms with E-state index in [0.29, 0.717) is 26.2 Å². The zero-order valence-electron chi connectivity index (χ0n) is 12.5. The van der Waals surface area contributed by atoms with E-state index >= 15 is 0 Å². The van der Waals surface area contributed by atoms with Crippen LogP contribution in [-0.2, 0) is 20.7 Å². The van der Waals surface area contributed by atoms with Crippen LogP contribution in [0.1, 0.15) is 18.9 Å². The fourth-order valence-electron chi connectivity index (χ4n) is 2.40. The van der Waals surface area contributed by atoms with E-state index in [1.54, 1.807) is 18.9 Å². The average molecular weight is 291 g/mol. The van der Waals surface area contributed by atoms with Gasteiger partial charge >= 0.3 is 5.97 Å². The molecule has 0 N–H and O–H groups in total. The van der Waals surface area contributed by atoms with Gasteiger partial charge in [0.25, 0.3) is 0 Å².